The molecule has 1 heterocycles. The van der Waals surface area contributed by atoms with Crippen molar-refractivity contribution in [2.75, 3.05) is 13.2 Å². The molecule has 1 aliphatic rings. The molecule has 1 fully saturated rings. The van der Waals surface area contributed by atoms with Crippen LogP contribution in [0, 0.1) is 0 Å². The minimum absolute atomic E-state index is 0.0741. The van der Waals surface area contributed by atoms with Crippen LogP contribution in [-0.2, 0) is 18.8 Å². The minimum Gasteiger partial charge on any atom is -0.539 e. The van der Waals surface area contributed by atoms with Gasteiger partial charge in [0.2, 0.25) is 0 Å². The normalized spacial score (nSPS) is 16.3. The van der Waals surface area contributed by atoms with Gasteiger partial charge in [0.15, 0.2) is 0 Å². The predicted octanol–water partition coefficient (Wildman–Crippen LogP) is 1.64. The molecule has 0 atom stereocenters. The number of hydrogen-bond acceptors (Lipinski definition) is 8. The van der Waals surface area contributed by atoms with Gasteiger partial charge in [-0.05, 0) is 69.6 Å². The third-order valence-electron chi connectivity index (χ3n) is 5.54. The molecule has 0 saturated carbocycles. The Morgan fingerprint density at radius 3 is 1.72 bits per heavy atom. The van der Waals surface area contributed by atoms with E-state index < -0.39 is 37.9 Å². The summed E-state index contributed by atoms with van der Waals surface area (Å²) in [7, 11) is -0.954. The molecule has 3 rings (SSSR count). The molecule has 8 nitrogen and oxygen atoms in total. The van der Waals surface area contributed by atoms with Crippen LogP contribution in [0.15, 0.2) is 48.5 Å². The number of hydrogen-bond donors (Lipinski definition) is 1. The molecule has 0 aliphatic carbocycles. The van der Waals surface area contributed by atoms with E-state index in [2.05, 4.69) is 0 Å². The maximum Gasteiger partial charge on any atom is 0.504 e. The van der Waals surface area contributed by atoms with Crippen molar-refractivity contribution in [3.05, 3.63) is 59.7 Å². The molecule has 10 heteroatoms. The van der Waals surface area contributed by atoms with Gasteiger partial charge in [-0.1, -0.05) is 12.1 Å². The Bertz CT molecular complexity index is 925. The van der Waals surface area contributed by atoms with Gasteiger partial charge < -0.3 is 28.5 Å². The first-order valence-corrected chi connectivity index (χ1v) is 10.3. The fraction of sp³-hybridized carbons (Fsp3) is 0.364. The summed E-state index contributed by atoms with van der Waals surface area (Å²) in [6.45, 7) is 7.76. The van der Waals surface area contributed by atoms with Crippen LogP contribution in [0.5, 0.6) is 5.75 Å². The SMILES string of the molecule is CC1(C)OB(c2ccc(C(=O)OCCOC(=O)c3ccc(OBO)cc3)cc2)OC1(C)C. The van der Waals surface area contributed by atoms with Crippen LogP contribution in [0.1, 0.15) is 48.4 Å². The lowest BCUT2D eigenvalue weighted by atomic mass is 9.79. The maximum atomic E-state index is 12.2. The standard InChI is InChI=1S/C22H26B2O8/c1-21(2)22(3,4)32-24(31-21)17-9-5-15(6-10-17)19(25)28-13-14-29-20(26)16-7-11-18(12-8-16)30-23-27/h5-12,23,27H,13-14H2,1-4H3. The molecule has 0 aromatic heterocycles. The first-order valence-electron chi connectivity index (χ1n) is 10.3. The molecule has 0 spiro atoms. The molecule has 0 bridgehead atoms. The van der Waals surface area contributed by atoms with Crippen molar-refractivity contribution in [2.24, 2.45) is 0 Å². The number of esters is 2. The molecule has 168 valence electrons. The third kappa shape index (κ3) is 5.51. The van der Waals surface area contributed by atoms with Crippen LogP contribution < -0.4 is 10.1 Å². The van der Waals surface area contributed by atoms with Crippen LogP contribution in [-0.4, -0.2) is 56.2 Å². The van der Waals surface area contributed by atoms with Gasteiger partial charge in [0.05, 0.1) is 22.3 Å². The quantitative estimate of drug-likeness (QED) is 0.376. The van der Waals surface area contributed by atoms with Crippen molar-refractivity contribution in [1.29, 1.82) is 0 Å². The van der Waals surface area contributed by atoms with Crippen molar-refractivity contribution in [2.45, 2.75) is 38.9 Å². The molecular weight excluding hydrogens is 414 g/mol. The Kier molecular flexibility index (Phi) is 7.28. The fourth-order valence-corrected chi connectivity index (χ4v) is 2.95. The van der Waals surface area contributed by atoms with Crippen LogP contribution >= 0.6 is 0 Å². The van der Waals surface area contributed by atoms with E-state index in [0.29, 0.717) is 16.9 Å². The zero-order chi connectivity index (χ0) is 23.4. The minimum atomic E-state index is -0.552. The van der Waals surface area contributed by atoms with Crippen molar-refractivity contribution < 1.29 is 38.0 Å². The Morgan fingerprint density at radius 1 is 0.844 bits per heavy atom. The highest BCUT2D eigenvalue weighted by molar-refractivity contribution is 6.62. The molecule has 32 heavy (non-hydrogen) atoms. The molecular formula is C22H26B2O8. The molecule has 0 unspecified atom stereocenters. The number of ether oxygens (including phenoxy) is 2. The first kappa shape index (κ1) is 23.8. The summed E-state index contributed by atoms with van der Waals surface area (Å²) in [5.74, 6) is -0.641. The molecule has 1 aliphatic heterocycles. The van der Waals surface area contributed by atoms with Gasteiger partial charge in [-0.3, -0.25) is 0 Å². The summed E-state index contributed by atoms with van der Waals surface area (Å²) in [5, 5.41) is 8.70. The molecule has 0 radical (unpaired) electrons. The van der Waals surface area contributed by atoms with Crippen molar-refractivity contribution >= 4 is 32.2 Å². The van der Waals surface area contributed by atoms with Crippen LogP contribution in [0.2, 0.25) is 0 Å². The monoisotopic (exact) mass is 440 g/mol. The van der Waals surface area contributed by atoms with Gasteiger partial charge in [-0.15, -0.1) is 0 Å². The lowest BCUT2D eigenvalue weighted by Gasteiger charge is -2.32. The van der Waals surface area contributed by atoms with E-state index in [1.807, 2.05) is 27.7 Å². The molecule has 2 aromatic carbocycles. The van der Waals surface area contributed by atoms with Crippen molar-refractivity contribution in [3.8, 4) is 5.75 Å². The third-order valence-corrected chi connectivity index (χ3v) is 5.54. The topological polar surface area (TPSA) is 101 Å². The van der Waals surface area contributed by atoms with Gasteiger partial charge in [0.1, 0.15) is 19.0 Å². The number of benzene rings is 2. The number of carbonyl (C=O) groups excluding carboxylic acids is 2. The first-order chi connectivity index (χ1) is 15.1. The fourth-order valence-electron chi connectivity index (χ4n) is 2.95. The summed E-state index contributed by atoms with van der Waals surface area (Å²) in [6.07, 6.45) is 0. The van der Waals surface area contributed by atoms with E-state index >= 15 is 0 Å². The van der Waals surface area contributed by atoms with Crippen LogP contribution in [0.4, 0.5) is 0 Å². The smallest absolute Gasteiger partial charge is 0.504 e. The van der Waals surface area contributed by atoms with Gasteiger partial charge in [-0.2, -0.15) is 0 Å². The summed E-state index contributed by atoms with van der Waals surface area (Å²) in [5.41, 5.74) is 0.615. The Morgan fingerprint density at radius 2 is 1.28 bits per heavy atom. The second-order valence-corrected chi connectivity index (χ2v) is 8.28. The van der Waals surface area contributed by atoms with Gasteiger partial charge in [-0.25, -0.2) is 9.59 Å². The highest BCUT2D eigenvalue weighted by Gasteiger charge is 2.51. The zero-order valence-electron chi connectivity index (χ0n) is 18.6. The van der Waals surface area contributed by atoms with E-state index in [1.54, 1.807) is 36.4 Å². The summed E-state index contributed by atoms with van der Waals surface area (Å²) in [4.78, 5) is 24.2. The Labute approximate surface area is 188 Å². The van der Waals surface area contributed by atoms with Crippen LogP contribution in [0.25, 0.3) is 0 Å². The molecule has 1 N–H and O–H groups in total. The van der Waals surface area contributed by atoms with Gasteiger partial charge >= 0.3 is 26.7 Å². The second kappa shape index (κ2) is 9.77. The second-order valence-electron chi connectivity index (χ2n) is 8.28. The maximum absolute atomic E-state index is 12.2. The lowest BCUT2D eigenvalue weighted by molar-refractivity contribution is 0.00578. The Hall–Kier alpha value is -2.81. The van der Waals surface area contributed by atoms with Crippen LogP contribution in [0.3, 0.4) is 0 Å². The zero-order valence-corrected chi connectivity index (χ0v) is 18.6. The average molecular weight is 440 g/mol. The predicted molar refractivity (Wildman–Crippen MR) is 119 cm³/mol. The van der Waals surface area contributed by atoms with Gasteiger partial charge in [0, 0.05) is 0 Å². The Balaban J connectivity index is 1.45. The molecule has 0 amide bonds. The lowest BCUT2D eigenvalue weighted by Crippen LogP contribution is -2.41. The largest absolute Gasteiger partial charge is 0.539 e. The highest BCUT2D eigenvalue weighted by Crippen LogP contribution is 2.36. The highest BCUT2D eigenvalue weighted by atomic mass is 16.7. The molecule has 1 saturated heterocycles. The van der Waals surface area contributed by atoms with Crippen molar-refractivity contribution in [1.82, 2.24) is 0 Å². The number of rotatable bonds is 8. The van der Waals surface area contributed by atoms with Gasteiger partial charge in [0.25, 0.3) is 0 Å². The van der Waals surface area contributed by atoms with E-state index in [9.17, 15) is 9.59 Å². The van der Waals surface area contributed by atoms with E-state index in [4.69, 9.17) is 28.5 Å². The average Bonchev–Trinajstić information content (AvgIpc) is 2.98. The van der Waals surface area contributed by atoms with E-state index in [0.717, 1.165) is 5.46 Å². The molecule has 2 aromatic rings. The summed E-state index contributed by atoms with van der Waals surface area (Å²) >= 11 is 0. The van der Waals surface area contributed by atoms with Crippen molar-refractivity contribution in [3.63, 3.8) is 0 Å². The summed E-state index contributed by atoms with van der Waals surface area (Å²) in [6, 6.07) is 12.9. The van der Waals surface area contributed by atoms with E-state index in [1.165, 1.54) is 12.1 Å². The number of carbonyl (C=O) groups is 2. The van der Waals surface area contributed by atoms with E-state index in [-0.39, 0.29) is 13.2 Å². The summed E-state index contributed by atoms with van der Waals surface area (Å²) < 4.78 is 27.2.